The number of benzene rings is 1. The molecule has 0 saturated carbocycles. The molecular formula is C18H22N2O3. The molecule has 3 rings (SSSR count). The number of amides is 1. The summed E-state index contributed by atoms with van der Waals surface area (Å²) in [5.74, 6) is 0.0783. The minimum atomic E-state index is -0.349. The maximum atomic E-state index is 12.2. The maximum absolute atomic E-state index is 12.2. The second-order valence-electron chi connectivity index (χ2n) is 6.19. The molecule has 23 heavy (non-hydrogen) atoms. The van der Waals surface area contributed by atoms with Crippen LogP contribution < -0.4 is 4.90 Å². The number of aromatic amines is 1. The number of nitrogens with zero attached hydrogens (tertiary/aromatic N) is 1. The summed E-state index contributed by atoms with van der Waals surface area (Å²) >= 11 is 0. The Morgan fingerprint density at radius 1 is 1.39 bits per heavy atom. The van der Waals surface area contributed by atoms with E-state index in [9.17, 15) is 9.59 Å². The lowest BCUT2D eigenvalue weighted by Crippen LogP contribution is -2.24. The highest BCUT2D eigenvalue weighted by molar-refractivity contribution is 6.07. The first kappa shape index (κ1) is 15.6. The summed E-state index contributed by atoms with van der Waals surface area (Å²) in [5, 5.41) is 0.986. The number of ether oxygens (including phenoxy) is 1. The highest BCUT2D eigenvalue weighted by Gasteiger charge is 2.26. The van der Waals surface area contributed by atoms with Crippen molar-refractivity contribution in [3.05, 3.63) is 29.5 Å². The molecule has 1 aliphatic rings. The number of H-pyrrole nitrogens is 1. The van der Waals surface area contributed by atoms with E-state index >= 15 is 0 Å². The van der Waals surface area contributed by atoms with Crippen molar-refractivity contribution in [2.75, 3.05) is 18.1 Å². The summed E-state index contributed by atoms with van der Waals surface area (Å²) < 4.78 is 5.15. The predicted octanol–water partition coefficient (Wildman–Crippen LogP) is 3.59. The van der Waals surface area contributed by atoms with E-state index in [0.29, 0.717) is 31.1 Å². The van der Waals surface area contributed by atoms with Crippen LogP contribution in [0.25, 0.3) is 10.9 Å². The van der Waals surface area contributed by atoms with Crippen LogP contribution in [-0.2, 0) is 9.53 Å². The van der Waals surface area contributed by atoms with Gasteiger partial charge in [0.15, 0.2) is 0 Å². The Labute approximate surface area is 135 Å². The van der Waals surface area contributed by atoms with Gasteiger partial charge in [-0.3, -0.25) is 4.79 Å². The summed E-state index contributed by atoms with van der Waals surface area (Å²) in [4.78, 5) is 29.4. The van der Waals surface area contributed by atoms with E-state index in [1.54, 1.807) is 17.9 Å². The van der Waals surface area contributed by atoms with Crippen LogP contribution in [0.15, 0.2) is 18.3 Å². The third-order valence-electron chi connectivity index (χ3n) is 4.30. The van der Waals surface area contributed by atoms with Gasteiger partial charge in [0.1, 0.15) is 0 Å². The molecule has 1 fully saturated rings. The van der Waals surface area contributed by atoms with Gasteiger partial charge in [0.25, 0.3) is 0 Å². The zero-order valence-corrected chi connectivity index (χ0v) is 13.8. The number of anilines is 1. The van der Waals surface area contributed by atoms with Gasteiger partial charge in [0, 0.05) is 24.5 Å². The average Bonchev–Trinajstić information content (AvgIpc) is 3.12. The van der Waals surface area contributed by atoms with Crippen molar-refractivity contribution in [3.8, 4) is 0 Å². The van der Waals surface area contributed by atoms with Crippen molar-refractivity contribution in [2.45, 2.75) is 39.5 Å². The fourth-order valence-electron chi connectivity index (χ4n) is 3.16. The van der Waals surface area contributed by atoms with Crippen LogP contribution in [0, 0.1) is 0 Å². The SMILES string of the molecule is CCOC(=O)c1cc(N2CCCC2=O)c2[nH]cc(C(C)C)c2c1. The topological polar surface area (TPSA) is 62.4 Å². The molecule has 1 amide bonds. The van der Waals surface area contributed by atoms with Gasteiger partial charge in [-0.2, -0.15) is 0 Å². The molecular weight excluding hydrogens is 292 g/mol. The monoisotopic (exact) mass is 314 g/mol. The maximum Gasteiger partial charge on any atom is 0.338 e. The van der Waals surface area contributed by atoms with Gasteiger partial charge in [-0.25, -0.2) is 4.79 Å². The summed E-state index contributed by atoms with van der Waals surface area (Å²) in [7, 11) is 0. The molecule has 1 aromatic carbocycles. The van der Waals surface area contributed by atoms with Gasteiger partial charge in [0.05, 0.1) is 23.4 Å². The first-order chi connectivity index (χ1) is 11.0. The highest BCUT2D eigenvalue weighted by atomic mass is 16.5. The minimum Gasteiger partial charge on any atom is -0.462 e. The van der Waals surface area contributed by atoms with Gasteiger partial charge in [-0.05, 0) is 37.0 Å². The number of fused-ring (bicyclic) bond motifs is 1. The van der Waals surface area contributed by atoms with Gasteiger partial charge in [-0.1, -0.05) is 13.8 Å². The van der Waals surface area contributed by atoms with Crippen LogP contribution in [0.2, 0.25) is 0 Å². The predicted molar refractivity (Wildman–Crippen MR) is 89.9 cm³/mol. The van der Waals surface area contributed by atoms with E-state index < -0.39 is 0 Å². The fourth-order valence-corrected chi connectivity index (χ4v) is 3.16. The van der Waals surface area contributed by atoms with Gasteiger partial charge in [-0.15, -0.1) is 0 Å². The molecule has 5 nitrogen and oxygen atoms in total. The quantitative estimate of drug-likeness (QED) is 0.877. The normalized spacial score (nSPS) is 15.0. The van der Waals surface area contributed by atoms with Crippen molar-refractivity contribution < 1.29 is 14.3 Å². The Morgan fingerprint density at radius 2 is 2.17 bits per heavy atom. The molecule has 0 atom stereocenters. The van der Waals surface area contributed by atoms with Crippen molar-refractivity contribution in [3.63, 3.8) is 0 Å². The molecule has 0 spiro atoms. The molecule has 2 heterocycles. The van der Waals surface area contributed by atoms with E-state index in [2.05, 4.69) is 18.8 Å². The van der Waals surface area contributed by atoms with E-state index in [-0.39, 0.29) is 11.9 Å². The van der Waals surface area contributed by atoms with Gasteiger partial charge >= 0.3 is 5.97 Å². The first-order valence-electron chi connectivity index (χ1n) is 8.15. The lowest BCUT2D eigenvalue weighted by molar-refractivity contribution is -0.117. The number of esters is 1. The fraction of sp³-hybridized carbons (Fsp3) is 0.444. The van der Waals surface area contributed by atoms with E-state index in [1.807, 2.05) is 12.3 Å². The first-order valence-corrected chi connectivity index (χ1v) is 8.15. The van der Waals surface area contributed by atoms with Crippen molar-refractivity contribution in [1.82, 2.24) is 4.98 Å². The van der Waals surface area contributed by atoms with Crippen LogP contribution >= 0.6 is 0 Å². The van der Waals surface area contributed by atoms with Gasteiger partial charge < -0.3 is 14.6 Å². The Morgan fingerprint density at radius 3 is 2.78 bits per heavy atom. The van der Waals surface area contributed by atoms with E-state index in [4.69, 9.17) is 4.74 Å². The standard InChI is InChI=1S/C18H22N2O3/c1-4-23-18(22)12-8-13-14(11(2)3)10-19-17(13)15(9-12)20-7-5-6-16(20)21/h8-11,19H,4-7H2,1-3H3. The van der Waals surface area contributed by atoms with E-state index in [0.717, 1.165) is 28.6 Å². The lowest BCUT2D eigenvalue weighted by atomic mass is 10.00. The van der Waals surface area contributed by atoms with E-state index in [1.165, 1.54) is 0 Å². The van der Waals surface area contributed by atoms with Crippen molar-refractivity contribution in [2.24, 2.45) is 0 Å². The Hall–Kier alpha value is -2.30. The zero-order chi connectivity index (χ0) is 16.6. The Kier molecular flexibility index (Phi) is 4.11. The molecule has 2 aromatic rings. The molecule has 1 aromatic heterocycles. The Bertz CT molecular complexity index is 761. The highest BCUT2D eigenvalue weighted by Crippen LogP contribution is 2.35. The number of carbonyl (C=O) groups excluding carboxylic acids is 2. The van der Waals surface area contributed by atoms with Crippen LogP contribution in [-0.4, -0.2) is 30.0 Å². The summed E-state index contributed by atoms with van der Waals surface area (Å²) in [6, 6.07) is 3.63. The lowest BCUT2D eigenvalue weighted by Gasteiger charge is -2.18. The van der Waals surface area contributed by atoms with Crippen LogP contribution in [0.1, 0.15) is 55.5 Å². The molecule has 5 heteroatoms. The molecule has 1 aliphatic heterocycles. The number of hydrogen-bond donors (Lipinski definition) is 1. The molecule has 0 unspecified atom stereocenters. The molecule has 1 saturated heterocycles. The number of rotatable bonds is 4. The third kappa shape index (κ3) is 2.71. The second-order valence-corrected chi connectivity index (χ2v) is 6.19. The molecule has 122 valence electrons. The summed E-state index contributed by atoms with van der Waals surface area (Å²) in [6.07, 6.45) is 3.37. The van der Waals surface area contributed by atoms with Crippen molar-refractivity contribution >= 4 is 28.5 Å². The van der Waals surface area contributed by atoms with Crippen molar-refractivity contribution in [1.29, 1.82) is 0 Å². The summed E-state index contributed by atoms with van der Waals surface area (Å²) in [6.45, 7) is 7.03. The van der Waals surface area contributed by atoms with Crippen LogP contribution in [0.4, 0.5) is 5.69 Å². The molecule has 0 radical (unpaired) electrons. The summed E-state index contributed by atoms with van der Waals surface area (Å²) in [5.41, 5.74) is 3.33. The molecule has 0 bridgehead atoms. The smallest absolute Gasteiger partial charge is 0.338 e. The Balaban J connectivity index is 2.20. The molecule has 0 aliphatic carbocycles. The average molecular weight is 314 g/mol. The van der Waals surface area contributed by atoms with Crippen LogP contribution in [0.5, 0.6) is 0 Å². The van der Waals surface area contributed by atoms with Crippen LogP contribution in [0.3, 0.4) is 0 Å². The third-order valence-corrected chi connectivity index (χ3v) is 4.30. The number of hydrogen-bond acceptors (Lipinski definition) is 3. The largest absolute Gasteiger partial charge is 0.462 e. The zero-order valence-electron chi connectivity index (χ0n) is 13.8. The number of nitrogens with one attached hydrogen (secondary N) is 1. The minimum absolute atomic E-state index is 0.105. The molecule has 1 N–H and O–H groups in total. The number of aromatic nitrogens is 1. The van der Waals surface area contributed by atoms with Gasteiger partial charge in [0.2, 0.25) is 5.91 Å². The number of carbonyl (C=O) groups is 2. The second kappa shape index (κ2) is 6.07.